The molecule has 25 heavy (non-hydrogen) atoms. The van der Waals surface area contributed by atoms with Gasteiger partial charge in [-0.3, -0.25) is 0 Å². The number of hydrogen-bond acceptors (Lipinski definition) is 5. The number of rotatable bonds is 10. The Morgan fingerprint density at radius 1 is 0.920 bits per heavy atom. The number of benzene rings is 1. The molecule has 6 nitrogen and oxygen atoms in total. The van der Waals surface area contributed by atoms with E-state index in [1.165, 1.54) is 70.3 Å². The minimum absolute atomic E-state index is 0.0841. The first-order valence-electron chi connectivity index (χ1n) is 9.20. The van der Waals surface area contributed by atoms with Gasteiger partial charge in [0.1, 0.15) is 10.1 Å². The number of nitrogens with two attached hydrogens (primary N) is 2. The normalized spacial score (nSPS) is 11.2. The lowest BCUT2D eigenvalue weighted by atomic mass is 10.2. The second kappa shape index (κ2) is 13.0. The van der Waals surface area contributed by atoms with E-state index in [9.17, 15) is 13.0 Å². The SMILES string of the molecule is CCCC[NH+](CCCC)CCCC.Nc1ccc(N)c(S(=O)(=O)[O-])c1. The largest absolute Gasteiger partial charge is 0.744 e. The maximum Gasteiger partial charge on any atom is 0.126 e. The maximum atomic E-state index is 10.5. The summed E-state index contributed by atoms with van der Waals surface area (Å²) in [5.74, 6) is 0. The molecule has 0 fully saturated rings. The third-order valence-corrected chi connectivity index (χ3v) is 4.85. The fourth-order valence-corrected chi connectivity index (χ4v) is 3.06. The van der Waals surface area contributed by atoms with Crippen molar-refractivity contribution >= 4 is 21.5 Å². The summed E-state index contributed by atoms with van der Waals surface area (Å²) in [7, 11) is -4.51. The molecule has 7 heteroatoms. The van der Waals surface area contributed by atoms with Gasteiger partial charge in [-0.05, 0) is 37.5 Å². The van der Waals surface area contributed by atoms with Crippen molar-refractivity contribution in [1.29, 1.82) is 0 Å². The van der Waals surface area contributed by atoms with Crippen LogP contribution in [0.4, 0.5) is 11.4 Å². The summed E-state index contributed by atoms with van der Waals surface area (Å²) in [4.78, 5) is 1.37. The standard InChI is InChI=1S/C12H27N.C6H8N2O3S/c1-4-7-10-13(11-8-5-2)12-9-6-3;7-4-1-2-5(8)6(3-4)12(9,10)11/h4-12H2,1-3H3;1-3H,7-8H2,(H,9,10,11). The first-order valence-corrected chi connectivity index (χ1v) is 10.6. The van der Waals surface area contributed by atoms with E-state index < -0.39 is 15.0 Å². The molecule has 0 atom stereocenters. The van der Waals surface area contributed by atoms with Crippen LogP contribution in [0.2, 0.25) is 0 Å². The Morgan fingerprint density at radius 3 is 1.68 bits per heavy atom. The smallest absolute Gasteiger partial charge is 0.126 e. The topological polar surface area (TPSA) is 114 Å². The highest BCUT2D eigenvalue weighted by Crippen LogP contribution is 2.20. The van der Waals surface area contributed by atoms with Crippen molar-refractivity contribution in [1.82, 2.24) is 0 Å². The lowest BCUT2D eigenvalue weighted by Crippen LogP contribution is -3.12. The van der Waals surface area contributed by atoms with Crippen LogP contribution in [-0.4, -0.2) is 32.6 Å². The van der Waals surface area contributed by atoms with Crippen LogP contribution in [0.15, 0.2) is 23.1 Å². The third kappa shape index (κ3) is 11.0. The summed E-state index contributed by atoms with van der Waals surface area (Å²) >= 11 is 0. The number of anilines is 2. The van der Waals surface area contributed by atoms with Crippen LogP contribution in [0.25, 0.3) is 0 Å². The maximum absolute atomic E-state index is 10.5. The van der Waals surface area contributed by atoms with Crippen molar-refractivity contribution in [2.75, 3.05) is 31.1 Å². The van der Waals surface area contributed by atoms with Crippen molar-refractivity contribution < 1.29 is 17.9 Å². The van der Waals surface area contributed by atoms with Gasteiger partial charge in [-0.25, -0.2) is 8.42 Å². The number of hydrogen-bond donors (Lipinski definition) is 3. The zero-order valence-corrected chi connectivity index (χ0v) is 16.7. The van der Waals surface area contributed by atoms with E-state index in [0.29, 0.717) is 0 Å². The molecule has 0 saturated carbocycles. The highest BCUT2D eigenvalue weighted by Gasteiger charge is 2.06. The fraction of sp³-hybridized carbons (Fsp3) is 0.667. The molecule has 0 aromatic heterocycles. The Hall–Kier alpha value is -1.31. The van der Waals surface area contributed by atoms with E-state index in [-0.39, 0.29) is 11.4 Å². The number of unbranched alkanes of at least 4 members (excludes halogenated alkanes) is 3. The predicted octanol–water partition coefficient (Wildman–Crippen LogP) is 2.03. The highest BCUT2D eigenvalue weighted by molar-refractivity contribution is 7.86. The average Bonchev–Trinajstić information content (AvgIpc) is 2.56. The van der Waals surface area contributed by atoms with E-state index in [4.69, 9.17) is 11.5 Å². The van der Waals surface area contributed by atoms with Crippen LogP contribution in [-0.2, 0) is 10.1 Å². The molecule has 1 aromatic carbocycles. The first kappa shape index (κ1) is 23.7. The van der Waals surface area contributed by atoms with Crippen LogP contribution in [0.3, 0.4) is 0 Å². The summed E-state index contributed by atoms with van der Waals surface area (Å²) in [5.41, 5.74) is 10.6. The van der Waals surface area contributed by atoms with Gasteiger partial charge in [0, 0.05) is 11.4 Å². The lowest BCUT2D eigenvalue weighted by molar-refractivity contribution is -0.900. The quantitative estimate of drug-likeness (QED) is 0.429. The van der Waals surface area contributed by atoms with Crippen molar-refractivity contribution in [3.63, 3.8) is 0 Å². The molecular weight excluding hydrogens is 338 g/mol. The lowest BCUT2D eigenvalue weighted by Gasteiger charge is -2.18. The Morgan fingerprint density at radius 2 is 1.36 bits per heavy atom. The molecule has 0 spiro atoms. The van der Waals surface area contributed by atoms with E-state index in [1.807, 2.05) is 4.90 Å². The van der Waals surface area contributed by atoms with Gasteiger partial charge < -0.3 is 20.9 Å². The molecule has 1 aromatic rings. The second-order valence-corrected chi connectivity index (χ2v) is 7.66. The van der Waals surface area contributed by atoms with E-state index in [0.717, 1.165) is 6.07 Å². The van der Waals surface area contributed by atoms with Crippen LogP contribution in [0.1, 0.15) is 59.3 Å². The summed E-state index contributed by atoms with van der Waals surface area (Å²) in [6.45, 7) is 11.1. The van der Waals surface area contributed by atoms with Gasteiger partial charge in [0.15, 0.2) is 0 Å². The molecule has 0 saturated heterocycles. The number of quaternary nitrogens is 1. The number of nitrogens with one attached hydrogen (secondary N) is 1. The molecule has 0 aliphatic heterocycles. The molecular formula is C18H35N3O3S. The Labute approximate surface area is 153 Å². The summed E-state index contributed by atoms with van der Waals surface area (Å²) in [6.07, 6.45) is 8.26. The molecule has 0 heterocycles. The van der Waals surface area contributed by atoms with Gasteiger partial charge in [0.05, 0.1) is 24.5 Å². The fourth-order valence-electron chi connectivity index (χ4n) is 2.42. The first-order chi connectivity index (χ1) is 11.8. The van der Waals surface area contributed by atoms with E-state index in [2.05, 4.69) is 20.8 Å². The van der Waals surface area contributed by atoms with Crippen LogP contribution in [0.5, 0.6) is 0 Å². The molecule has 0 unspecified atom stereocenters. The average molecular weight is 374 g/mol. The molecule has 1 rings (SSSR count). The summed E-state index contributed by atoms with van der Waals surface area (Å²) in [6, 6.07) is 3.74. The van der Waals surface area contributed by atoms with Gasteiger partial charge in [-0.1, -0.05) is 40.0 Å². The van der Waals surface area contributed by atoms with Gasteiger partial charge in [0.2, 0.25) is 0 Å². The van der Waals surface area contributed by atoms with Crippen molar-refractivity contribution in [2.45, 2.75) is 64.2 Å². The Bertz CT molecular complexity index is 558. The minimum atomic E-state index is -4.51. The van der Waals surface area contributed by atoms with Crippen molar-refractivity contribution in [3.05, 3.63) is 18.2 Å². The van der Waals surface area contributed by atoms with E-state index in [1.54, 1.807) is 0 Å². The van der Waals surface area contributed by atoms with Gasteiger partial charge in [0.25, 0.3) is 0 Å². The zero-order chi connectivity index (χ0) is 19.3. The molecule has 5 N–H and O–H groups in total. The molecule has 146 valence electrons. The molecule has 0 radical (unpaired) electrons. The van der Waals surface area contributed by atoms with Gasteiger partial charge >= 0.3 is 0 Å². The molecule has 0 aliphatic rings. The molecule has 0 amide bonds. The minimum Gasteiger partial charge on any atom is -0.744 e. The van der Waals surface area contributed by atoms with Crippen LogP contribution < -0.4 is 16.4 Å². The Balaban J connectivity index is 0.000000462. The van der Waals surface area contributed by atoms with Crippen molar-refractivity contribution in [2.24, 2.45) is 0 Å². The number of nitrogen functional groups attached to an aromatic ring is 2. The van der Waals surface area contributed by atoms with Gasteiger partial charge in [-0.2, -0.15) is 0 Å². The predicted molar refractivity (Wildman–Crippen MR) is 104 cm³/mol. The highest BCUT2D eigenvalue weighted by atomic mass is 32.2. The summed E-state index contributed by atoms with van der Waals surface area (Å²) < 4.78 is 31.5. The monoisotopic (exact) mass is 373 g/mol. The van der Waals surface area contributed by atoms with Crippen LogP contribution in [0, 0.1) is 0 Å². The summed E-state index contributed by atoms with van der Waals surface area (Å²) in [5, 5.41) is 0. The van der Waals surface area contributed by atoms with Crippen LogP contribution >= 0.6 is 0 Å². The zero-order valence-electron chi connectivity index (χ0n) is 15.9. The molecule has 0 aliphatic carbocycles. The third-order valence-electron chi connectivity index (χ3n) is 3.96. The molecule has 0 bridgehead atoms. The second-order valence-electron chi connectivity index (χ2n) is 6.31. The van der Waals surface area contributed by atoms with E-state index >= 15 is 0 Å². The Kier molecular flexibility index (Phi) is 12.3. The van der Waals surface area contributed by atoms with Crippen molar-refractivity contribution in [3.8, 4) is 0 Å². The van der Waals surface area contributed by atoms with Gasteiger partial charge in [-0.15, -0.1) is 0 Å².